The van der Waals surface area contributed by atoms with Crippen molar-refractivity contribution in [1.29, 1.82) is 0 Å². The van der Waals surface area contributed by atoms with Crippen LogP contribution in [0.2, 0.25) is 0 Å². The molecule has 0 aliphatic rings. The van der Waals surface area contributed by atoms with E-state index in [0.29, 0.717) is 24.6 Å². The van der Waals surface area contributed by atoms with Crippen molar-refractivity contribution in [3.05, 3.63) is 36.1 Å². The molecule has 2 aromatic rings. The molecule has 0 saturated carbocycles. The molecule has 0 saturated heterocycles. The minimum atomic E-state index is -0.152. The van der Waals surface area contributed by atoms with Crippen LogP contribution >= 0.6 is 0 Å². The predicted octanol–water partition coefficient (Wildman–Crippen LogP) is 3.06. The van der Waals surface area contributed by atoms with Crippen LogP contribution in [-0.4, -0.2) is 31.7 Å². The molecule has 0 fully saturated rings. The summed E-state index contributed by atoms with van der Waals surface area (Å²) in [4.78, 5) is 11.9. The molecule has 0 atom stereocenters. The van der Waals surface area contributed by atoms with Crippen LogP contribution in [0, 0.1) is 0 Å². The number of hydrogen-bond acceptors (Lipinski definition) is 4. The highest BCUT2D eigenvalue weighted by Crippen LogP contribution is 2.19. The van der Waals surface area contributed by atoms with E-state index in [9.17, 15) is 4.79 Å². The van der Waals surface area contributed by atoms with E-state index in [4.69, 9.17) is 13.9 Å². The molecule has 1 heterocycles. The van der Waals surface area contributed by atoms with E-state index in [1.165, 1.54) is 0 Å². The molecular weight excluding hydrogens is 244 g/mol. The van der Waals surface area contributed by atoms with Crippen molar-refractivity contribution in [3.8, 4) is 0 Å². The molecule has 0 bridgehead atoms. The highest BCUT2D eigenvalue weighted by atomic mass is 16.5. The summed E-state index contributed by atoms with van der Waals surface area (Å²) >= 11 is 0. The van der Waals surface area contributed by atoms with E-state index in [2.05, 4.69) is 0 Å². The van der Waals surface area contributed by atoms with Gasteiger partial charge in [-0.3, -0.25) is 4.79 Å². The Bertz CT molecular complexity index is 509. The van der Waals surface area contributed by atoms with Gasteiger partial charge in [-0.15, -0.1) is 0 Å². The number of rotatable bonds is 7. The van der Waals surface area contributed by atoms with Crippen LogP contribution in [0.15, 0.2) is 34.7 Å². The van der Waals surface area contributed by atoms with E-state index >= 15 is 0 Å². The van der Waals surface area contributed by atoms with Crippen molar-refractivity contribution < 1.29 is 18.7 Å². The maximum absolute atomic E-state index is 11.9. The number of carbonyl (C=O) groups is 1. The first-order valence-electron chi connectivity index (χ1n) is 6.38. The number of para-hydroxylation sites is 1. The smallest absolute Gasteiger partial charge is 0.223 e. The Balaban J connectivity index is 1.83. The Morgan fingerprint density at radius 2 is 2.05 bits per heavy atom. The summed E-state index contributed by atoms with van der Waals surface area (Å²) in [6, 6.07) is 9.27. The lowest BCUT2D eigenvalue weighted by molar-refractivity contribution is 0.0202. The van der Waals surface area contributed by atoms with Crippen molar-refractivity contribution in [2.24, 2.45) is 0 Å². The minimum Gasteiger partial charge on any atom is -0.453 e. The fraction of sp³-hybridized carbons (Fsp3) is 0.400. The third-order valence-corrected chi connectivity index (χ3v) is 2.61. The molecule has 4 nitrogen and oxygen atoms in total. The van der Waals surface area contributed by atoms with Gasteiger partial charge in [-0.1, -0.05) is 18.2 Å². The van der Waals surface area contributed by atoms with Crippen molar-refractivity contribution >= 4 is 16.8 Å². The average molecular weight is 262 g/mol. The number of hydrogen-bond donors (Lipinski definition) is 0. The summed E-state index contributed by atoms with van der Waals surface area (Å²) in [7, 11) is 0. The number of benzene rings is 1. The average Bonchev–Trinajstić information content (AvgIpc) is 2.81. The highest BCUT2D eigenvalue weighted by Gasteiger charge is 2.12. The second-order valence-corrected chi connectivity index (χ2v) is 4.54. The van der Waals surface area contributed by atoms with Gasteiger partial charge < -0.3 is 13.9 Å². The SMILES string of the molecule is CC(C)OCCOCC(=O)c1cc2ccccc2o1. The molecular formula is C15H18O4. The predicted molar refractivity (Wildman–Crippen MR) is 72.5 cm³/mol. The molecule has 0 spiro atoms. The van der Waals surface area contributed by atoms with Gasteiger partial charge in [0, 0.05) is 5.39 Å². The Labute approximate surface area is 112 Å². The van der Waals surface area contributed by atoms with Crippen LogP contribution in [-0.2, 0) is 9.47 Å². The van der Waals surface area contributed by atoms with Crippen LogP contribution in [0.5, 0.6) is 0 Å². The van der Waals surface area contributed by atoms with E-state index < -0.39 is 0 Å². The summed E-state index contributed by atoms with van der Waals surface area (Å²) in [5, 5.41) is 0.925. The maximum atomic E-state index is 11.9. The largest absolute Gasteiger partial charge is 0.453 e. The van der Waals surface area contributed by atoms with E-state index in [1.54, 1.807) is 6.07 Å². The number of ketones is 1. The summed E-state index contributed by atoms with van der Waals surface area (Å²) in [5.41, 5.74) is 0.717. The van der Waals surface area contributed by atoms with Crippen LogP contribution < -0.4 is 0 Å². The topological polar surface area (TPSA) is 48.7 Å². The monoisotopic (exact) mass is 262 g/mol. The summed E-state index contributed by atoms with van der Waals surface area (Å²) in [5.74, 6) is 0.187. The zero-order valence-corrected chi connectivity index (χ0v) is 11.2. The number of carbonyl (C=O) groups excluding carboxylic acids is 1. The fourth-order valence-corrected chi connectivity index (χ4v) is 1.70. The molecule has 0 N–H and O–H groups in total. The lowest BCUT2D eigenvalue weighted by Gasteiger charge is -2.07. The first-order chi connectivity index (χ1) is 9.16. The summed E-state index contributed by atoms with van der Waals surface area (Å²) in [6.07, 6.45) is 0.176. The lowest BCUT2D eigenvalue weighted by Crippen LogP contribution is -2.14. The van der Waals surface area contributed by atoms with E-state index in [-0.39, 0.29) is 18.5 Å². The molecule has 1 aromatic heterocycles. The first-order valence-corrected chi connectivity index (χ1v) is 6.38. The molecule has 0 aliphatic carbocycles. The van der Waals surface area contributed by atoms with Gasteiger partial charge >= 0.3 is 0 Å². The third kappa shape index (κ3) is 3.91. The third-order valence-electron chi connectivity index (χ3n) is 2.61. The minimum absolute atomic E-state index is 0.0152. The van der Waals surface area contributed by atoms with Gasteiger partial charge in [0.15, 0.2) is 5.76 Å². The molecule has 0 radical (unpaired) electrons. The molecule has 0 aliphatic heterocycles. The number of ether oxygens (including phenoxy) is 2. The molecule has 1 aromatic carbocycles. The quantitative estimate of drug-likeness (QED) is 0.568. The summed E-state index contributed by atoms with van der Waals surface area (Å²) < 4.78 is 16.0. The fourth-order valence-electron chi connectivity index (χ4n) is 1.70. The van der Waals surface area contributed by atoms with E-state index in [0.717, 1.165) is 5.39 Å². The molecule has 0 unspecified atom stereocenters. The maximum Gasteiger partial charge on any atom is 0.223 e. The van der Waals surface area contributed by atoms with Crippen LogP contribution in [0.25, 0.3) is 11.0 Å². The van der Waals surface area contributed by atoms with Crippen LogP contribution in [0.3, 0.4) is 0 Å². The van der Waals surface area contributed by atoms with Crippen molar-refractivity contribution in [1.82, 2.24) is 0 Å². The van der Waals surface area contributed by atoms with Gasteiger partial charge in [0.1, 0.15) is 12.2 Å². The van der Waals surface area contributed by atoms with Crippen molar-refractivity contribution in [3.63, 3.8) is 0 Å². The second-order valence-electron chi connectivity index (χ2n) is 4.54. The van der Waals surface area contributed by atoms with Gasteiger partial charge in [-0.2, -0.15) is 0 Å². The van der Waals surface area contributed by atoms with Gasteiger partial charge in [0.2, 0.25) is 5.78 Å². The zero-order valence-electron chi connectivity index (χ0n) is 11.2. The van der Waals surface area contributed by atoms with Gasteiger partial charge in [0.05, 0.1) is 19.3 Å². The number of fused-ring (bicyclic) bond motifs is 1. The van der Waals surface area contributed by atoms with Gasteiger partial charge in [-0.05, 0) is 26.0 Å². The number of furan rings is 1. The number of Topliss-reactive ketones (excluding diaryl/α,β-unsaturated/α-hetero) is 1. The second kappa shape index (κ2) is 6.50. The van der Waals surface area contributed by atoms with Gasteiger partial charge in [0.25, 0.3) is 0 Å². The zero-order chi connectivity index (χ0) is 13.7. The highest BCUT2D eigenvalue weighted by molar-refractivity contribution is 5.98. The molecule has 19 heavy (non-hydrogen) atoms. The lowest BCUT2D eigenvalue weighted by atomic mass is 10.2. The Morgan fingerprint density at radius 1 is 1.26 bits per heavy atom. The Morgan fingerprint density at radius 3 is 2.79 bits per heavy atom. The van der Waals surface area contributed by atoms with Crippen molar-refractivity contribution in [2.45, 2.75) is 20.0 Å². The van der Waals surface area contributed by atoms with Crippen LogP contribution in [0.4, 0.5) is 0 Å². The summed E-state index contributed by atoms with van der Waals surface area (Å²) in [6.45, 7) is 4.83. The van der Waals surface area contributed by atoms with E-state index in [1.807, 2.05) is 38.1 Å². The molecule has 2 rings (SSSR count). The molecule has 0 amide bonds. The molecule has 102 valence electrons. The van der Waals surface area contributed by atoms with Gasteiger partial charge in [-0.25, -0.2) is 0 Å². The standard InChI is InChI=1S/C15H18O4/c1-11(2)18-8-7-17-10-13(16)15-9-12-5-3-4-6-14(12)19-15/h3-6,9,11H,7-8,10H2,1-2H3. The first kappa shape index (κ1) is 13.8. The normalized spacial score (nSPS) is 11.3. The van der Waals surface area contributed by atoms with Crippen LogP contribution in [0.1, 0.15) is 24.4 Å². The van der Waals surface area contributed by atoms with Crippen molar-refractivity contribution in [2.75, 3.05) is 19.8 Å². The Hall–Kier alpha value is -1.65. The Kier molecular flexibility index (Phi) is 4.71. The molecule has 4 heteroatoms.